The SMILES string of the molecule is CC1CNc2ccc(S(=O)(=O)N3CC[C@@H](NC(=O)OC(C)(C)C)C3)cc21. The number of nitrogens with one attached hydrogen (secondary N) is 2. The van der Waals surface area contributed by atoms with E-state index in [0.717, 1.165) is 17.8 Å². The van der Waals surface area contributed by atoms with Crippen molar-refractivity contribution < 1.29 is 17.9 Å². The second kappa shape index (κ2) is 6.74. The smallest absolute Gasteiger partial charge is 0.407 e. The number of sulfonamides is 1. The standard InChI is InChI=1S/C18H27N3O4S/c1-12-10-19-16-6-5-14(9-15(12)16)26(23,24)21-8-7-13(11-21)20-17(22)25-18(2,3)4/h5-6,9,12-13,19H,7-8,10-11H2,1-4H3,(H,20,22)/t12?,13-/m1/s1. The van der Waals surface area contributed by atoms with Crippen molar-refractivity contribution in [2.75, 3.05) is 25.0 Å². The molecule has 2 N–H and O–H groups in total. The van der Waals surface area contributed by atoms with Crippen LogP contribution < -0.4 is 10.6 Å². The van der Waals surface area contributed by atoms with E-state index in [0.29, 0.717) is 23.8 Å². The quantitative estimate of drug-likeness (QED) is 0.840. The molecule has 2 heterocycles. The minimum Gasteiger partial charge on any atom is -0.444 e. The number of hydrogen-bond donors (Lipinski definition) is 2. The Hall–Kier alpha value is -1.80. The van der Waals surface area contributed by atoms with Gasteiger partial charge in [0.1, 0.15) is 5.60 Å². The van der Waals surface area contributed by atoms with Crippen molar-refractivity contribution in [3.63, 3.8) is 0 Å². The number of nitrogens with zero attached hydrogens (tertiary/aromatic N) is 1. The molecular formula is C18H27N3O4S. The van der Waals surface area contributed by atoms with Crippen molar-refractivity contribution in [3.05, 3.63) is 23.8 Å². The average Bonchev–Trinajstić information content (AvgIpc) is 3.13. The van der Waals surface area contributed by atoms with Gasteiger partial charge in [-0.25, -0.2) is 13.2 Å². The van der Waals surface area contributed by atoms with Crippen LogP contribution in [0.3, 0.4) is 0 Å². The van der Waals surface area contributed by atoms with Gasteiger partial charge in [-0.3, -0.25) is 0 Å². The van der Waals surface area contributed by atoms with E-state index in [1.807, 2.05) is 6.07 Å². The highest BCUT2D eigenvalue weighted by molar-refractivity contribution is 7.89. The Morgan fingerprint density at radius 2 is 2.08 bits per heavy atom. The maximum Gasteiger partial charge on any atom is 0.407 e. The molecule has 0 saturated carbocycles. The highest BCUT2D eigenvalue weighted by Gasteiger charge is 2.34. The van der Waals surface area contributed by atoms with Crippen LogP contribution in [0.1, 0.15) is 45.6 Å². The summed E-state index contributed by atoms with van der Waals surface area (Å²) in [5.41, 5.74) is 1.46. The molecule has 2 atom stereocenters. The number of benzene rings is 1. The number of rotatable bonds is 3. The van der Waals surface area contributed by atoms with Gasteiger partial charge in [0.15, 0.2) is 0 Å². The lowest BCUT2D eigenvalue weighted by molar-refractivity contribution is 0.0507. The van der Waals surface area contributed by atoms with Crippen LogP contribution in [-0.4, -0.2) is 50.1 Å². The van der Waals surface area contributed by atoms with Crippen molar-refractivity contribution in [1.29, 1.82) is 0 Å². The van der Waals surface area contributed by atoms with Gasteiger partial charge in [0, 0.05) is 37.3 Å². The highest BCUT2D eigenvalue weighted by atomic mass is 32.2. The van der Waals surface area contributed by atoms with Crippen LogP contribution >= 0.6 is 0 Å². The fraction of sp³-hybridized carbons (Fsp3) is 0.611. The third-order valence-corrected chi connectivity index (χ3v) is 6.52. The first-order valence-corrected chi connectivity index (χ1v) is 10.4. The lowest BCUT2D eigenvalue weighted by Gasteiger charge is -2.22. The van der Waals surface area contributed by atoms with Gasteiger partial charge < -0.3 is 15.4 Å². The zero-order chi connectivity index (χ0) is 19.1. The molecule has 1 fully saturated rings. The molecule has 0 aliphatic carbocycles. The van der Waals surface area contributed by atoms with Crippen LogP contribution in [0.2, 0.25) is 0 Å². The minimum absolute atomic E-state index is 0.241. The van der Waals surface area contributed by atoms with Gasteiger partial charge in [-0.05, 0) is 51.0 Å². The summed E-state index contributed by atoms with van der Waals surface area (Å²) in [5, 5.41) is 6.04. The molecule has 3 rings (SSSR count). The maximum absolute atomic E-state index is 13.0. The summed E-state index contributed by atoms with van der Waals surface area (Å²) in [5.74, 6) is 0.292. The van der Waals surface area contributed by atoms with Gasteiger partial charge in [-0.15, -0.1) is 0 Å². The van der Waals surface area contributed by atoms with E-state index in [-0.39, 0.29) is 12.6 Å². The number of carbonyl (C=O) groups is 1. The zero-order valence-electron chi connectivity index (χ0n) is 15.7. The number of hydrogen-bond acceptors (Lipinski definition) is 5. The Balaban J connectivity index is 1.68. The number of amides is 1. The van der Waals surface area contributed by atoms with Gasteiger partial charge in [0.25, 0.3) is 0 Å². The molecule has 1 amide bonds. The minimum atomic E-state index is -3.57. The Morgan fingerprint density at radius 3 is 2.77 bits per heavy atom. The molecule has 0 bridgehead atoms. The largest absolute Gasteiger partial charge is 0.444 e. The Bertz CT molecular complexity index is 801. The van der Waals surface area contributed by atoms with E-state index >= 15 is 0 Å². The van der Waals surface area contributed by atoms with E-state index in [4.69, 9.17) is 4.74 Å². The van der Waals surface area contributed by atoms with Crippen LogP contribution in [0, 0.1) is 0 Å². The van der Waals surface area contributed by atoms with Gasteiger partial charge in [0.2, 0.25) is 10.0 Å². The van der Waals surface area contributed by atoms with Gasteiger partial charge in [-0.1, -0.05) is 6.92 Å². The third kappa shape index (κ3) is 3.96. The summed E-state index contributed by atoms with van der Waals surface area (Å²) in [6.07, 6.45) is 0.0562. The summed E-state index contributed by atoms with van der Waals surface area (Å²) in [4.78, 5) is 12.2. The third-order valence-electron chi connectivity index (χ3n) is 4.66. The van der Waals surface area contributed by atoms with E-state index in [1.54, 1.807) is 32.9 Å². The number of alkyl carbamates (subject to hydrolysis) is 1. The van der Waals surface area contributed by atoms with E-state index in [9.17, 15) is 13.2 Å². The Labute approximate surface area is 155 Å². The summed E-state index contributed by atoms with van der Waals surface area (Å²) < 4.78 is 32.6. The monoisotopic (exact) mass is 381 g/mol. The van der Waals surface area contributed by atoms with Crippen LogP contribution in [0.15, 0.2) is 23.1 Å². The van der Waals surface area contributed by atoms with Gasteiger partial charge >= 0.3 is 6.09 Å². The lowest BCUT2D eigenvalue weighted by Crippen LogP contribution is -2.41. The Kier molecular flexibility index (Phi) is 4.92. The lowest BCUT2D eigenvalue weighted by atomic mass is 10.0. The van der Waals surface area contributed by atoms with Crippen LogP contribution in [0.4, 0.5) is 10.5 Å². The first-order chi connectivity index (χ1) is 12.1. The predicted molar refractivity (Wildman–Crippen MR) is 99.9 cm³/mol. The fourth-order valence-electron chi connectivity index (χ4n) is 3.33. The first kappa shape index (κ1) is 19.0. The number of carbonyl (C=O) groups excluding carboxylic acids is 1. The maximum atomic E-state index is 13.0. The molecule has 1 saturated heterocycles. The molecule has 144 valence electrons. The molecule has 1 unspecified atom stereocenters. The molecule has 2 aliphatic rings. The van der Waals surface area contributed by atoms with E-state index in [2.05, 4.69) is 17.6 Å². The van der Waals surface area contributed by atoms with Crippen molar-refractivity contribution in [2.45, 2.75) is 56.6 Å². The molecular weight excluding hydrogens is 354 g/mol. The molecule has 0 spiro atoms. The van der Waals surface area contributed by atoms with Gasteiger partial charge in [0.05, 0.1) is 4.90 Å². The van der Waals surface area contributed by atoms with Crippen molar-refractivity contribution >= 4 is 21.8 Å². The van der Waals surface area contributed by atoms with Crippen LogP contribution in [0.5, 0.6) is 0 Å². The topological polar surface area (TPSA) is 87.7 Å². The van der Waals surface area contributed by atoms with Gasteiger partial charge in [-0.2, -0.15) is 4.31 Å². The molecule has 2 aliphatic heterocycles. The summed E-state index contributed by atoms with van der Waals surface area (Å²) in [6.45, 7) is 8.92. The van der Waals surface area contributed by atoms with Crippen molar-refractivity contribution in [3.8, 4) is 0 Å². The normalized spacial score (nSPS) is 23.4. The zero-order valence-corrected chi connectivity index (χ0v) is 16.5. The molecule has 0 radical (unpaired) electrons. The first-order valence-electron chi connectivity index (χ1n) is 8.94. The molecule has 8 heteroatoms. The van der Waals surface area contributed by atoms with Crippen LogP contribution in [-0.2, 0) is 14.8 Å². The number of ether oxygens (including phenoxy) is 1. The number of anilines is 1. The summed E-state index contributed by atoms with van der Waals surface area (Å²) >= 11 is 0. The Morgan fingerprint density at radius 1 is 1.35 bits per heavy atom. The second-order valence-corrected chi connectivity index (χ2v) is 9.96. The average molecular weight is 381 g/mol. The molecule has 26 heavy (non-hydrogen) atoms. The van der Waals surface area contributed by atoms with Crippen LogP contribution in [0.25, 0.3) is 0 Å². The second-order valence-electron chi connectivity index (χ2n) is 8.03. The molecule has 1 aromatic carbocycles. The molecule has 7 nitrogen and oxygen atoms in total. The summed E-state index contributed by atoms with van der Waals surface area (Å²) in [6, 6.07) is 5.00. The molecule has 1 aromatic rings. The highest BCUT2D eigenvalue weighted by Crippen LogP contribution is 2.34. The van der Waals surface area contributed by atoms with E-state index < -0.39 is 21.7 Å². The van der Waals surface area contributed by atoms with E-state index in [1.165, 1.54) is 4.31 Å². The van der Waals surface area contributed by atoms with Crippen molar-refractivity contribution in [1.82, 2.24) is 9.62 Å². The fourth-order valence-corrected chi connectivity index (χ4v) is 4.87. The molecule has 0 aromatic heterocycles. The van der Waals surface area contributed by atoms with Crippen molar-refractivity contribution in [2.24, 2.45) is 0 Å². The summed E-state index contributed by atoms with van der Waals surface area (Å²) in [7, 11) is -3.57. The number of fused-ring (bicyclic) bond motifs is 1. The predicted octanol–water partition coefficient (Wildman–Crippen LogP) is 2.50.